The van der Waals surface area contributed by atoms with Crippen LogP contribution < -0.4 is 5.32 Å². The Morgan fingerprint density at radius 1 is 1.17 bits per heavy atom. The first-order chi connectivity index (χ1) is 14.1. The lowest BCUT2D eigenvalue weighted by atomic mass is 10.1. The van der Waals surface area contributed by atoms with E-state index in [-0.39, 0.29) is 21.4 Å². The molecule has 4 rings (SSSR count). The lowest BCUT2D eigenvalue weighted by Crippen LogP contribution is -2.29. The molecule has 2 aromatic rings. The Kier molecular flexibility index (Phi) is 5.45. The Bertz CT molecular complexity index is 1080. The van der Waals surface area contributed by atoms with E-state index in [0.29, 0.717) is 30.4 Å². The van der Waals surface area contributed by atoms with Crippen LogP contribution in [-0.4, -0.2) is 41.5 Å². The number of hydrogen-bond donors (Lipinski definition) is 1. The van der Waals surface area contributed by atoms with Crippen molar-refractivity contribution in [2.45, 2.75) is 62.8 Å². The van der Waals surface area contributed by atoms with Gasteiger partial charge in [0.2, 0.25) is 10.0 Å². The smallest absolute Gasteiger partial charge is 0.273 e. The van der Waals surface area contributed by atoms with Gasteiger partial charge >= 0.3 is 0 Å². The van der Waals surface area contributed by atoms with Crippen molar-refractivity contribution in [3.8, 4) is 0 Å². The Balaban J connectivity index is 1.63. The lowest BCUT2D eigenvalue weighted by molar-refractivity contribution is 0.100. The van der Waals surface area contributed by atoms with Crippen molar-refractivity contribution in [3.05, 3.63) is 40.7 Å². The molecule has 162 valence electrons. The van der Waals surface area contributed by atoms with Crippen LogP contribution in [0.15, 0.2) is 29.2 Å². The van der Waals surface area contributed by atoms with Gasteiger partial charge in [-0.2, -0.15) is 9.40 Å². The van der Waals surface area contributed by atoms with Crippen LogP contribution in [0.25, 0.3) is 0 Å². The minimum Gasteiger partial charge on any atom is -0.321 e. The highest BCUT2D eigenvalue weighted by atomic mass is 35.5. The molecule has 2 aliphatic rings. The van der Waals surface area contributed by atoms with Gasteiger partial charge in [-0.1, -0.05) is 11.6 Å². The van der Waals surface area contributed by atoms with Crippen LogP contribution in [0.4, 0.5) is 5.69 Å². The van der Waals surface area contributed by atoms with Crippen molar-refractivity contribution in [1.29, 1.82) is 0 Å². The van der Waals surface area contributed by atoms with Crippen LogP contribution in [0.2, 0.25) is 5.02 Å². The molecule has 1 amide bonds. The summed E-state index contributed by atoms with van der Waals surface area (Å²) >= 11 is 6.21. The van der Waals surface area contributed by atoms with E-state index in [1.54, 1.807) is 10.7 Å². The van der Waals surface area contributed by atoms with Crippen molar-refractivity contribution in [1.82, 2.24) is 14.1 Å². The molecule has 1 aliphatic heterocycles. The molecule has 1 aliphatic carbocycles. The lowest BCUT2D eigenvalue weighted by Gasteiger charge is -2.22. The highest BCUT2D eigenvalue weighted by Gasteiger charge is 2.32. The topological polar surface area (TPSA) is 84.3 Å². The van der Waals surface area contributed by atoms with Gasteiger partial charge in [-0.05, 0) is 70.7 Å². The summed E-state index contributed by atoms with van der Waals surface area (Å²) in [6.07, 6.45) is 3.87. The van der Waals surface area contributed by atoms with E-state index < -0.39 is 10.0 Å². The summed E-state index contributed by atoms with van der Waals surface area (Å²) in [6, 6.07) is 6.41. The number of anilines is 1. The second kappa shape index (κ2) is 7.66. The molecule has 1 N–H and O–H groups in total. The van der Waals surface area contributed by atoms with Crippen LogP contribution in [0.1, 0.15) is 68.6 Å². The Morgan fingerprint density at radius 3 is 2.43 bits per heavy atom. The second-order valence-electron chi connectivity index (χ2n) is 9.02. The van der Waals surface area contributed by atoms with Crippen LogP contribution in [0.3, 0.4) is 0 Å². The number of carbonyl (C=O) groups is 1. The van der Waals surface area contributed by atoms with Gasteiger partial charge in [-0.25, -0.2) is 8.42 Å². The van der Waals surface area contributed by atoms with Crippen molar-refractivity contribution in [2.75, 3.05) is 18.4 Å². The molecule has 1 saturated heterocycles. The molecule has 1 aromatic heterocycles. The number of sulfonamides is 1. The first kappa shape index (κ1) is 21.3. The van der Waals surface area contributed by atoms with Crippen molar-refractivity contribution < 1.29 is 13.2 Å². The summed E-state index contributed by atoms with van der Waals surface area (Å²) < 4.78 is 29.1. The van der Waals surface area contributed by atoms with Crippen LogP contribution >= 0.6 is 11.6 Å². The van der Waals surface area contributed by atoms with E-state index in [1.165, 1.54) is 16.4 Å². The Hall–Kier alpha value is -1.90. The predicted molar refractivity (Wildman–Crippen MR) is 117 cm³/mol. The van der Waals surface area contributed by atoms with Gasteiger partial charge in [-0.15, -0.1) is 0 Å². The maximum atomic E-state index is 13.1. The van der Waals surface area contributed by atoms with Crippen molar-refractivity contribution in [3.63, 3.8) is 0 Å². The molecule has 9 heteroatoms. The molecule has 7 nitrogen and oxygen atoms in total. The largest absolute Gasteiger partial charge is 0.321 e. The summed E-state index contributed by atoms with van der Waals surface area (Å²) in [7, 11) is -3.69. The summed E-state index contributed by atoms with van der Waals surface area (Å²) in [4.78, 5) is 13.1. The van der Waals surface area contributed by atoms with Crippen molar-refractivity contribution in [2.24, 2.45) is 0 Å². The van der Waals surface area contributed by atoms with E-state index in [1.807, 2.05) is 26.8 Å². The number of benzene rings is 1. The third kappa shape index (κ3) is 4.13. The number of rotatable bonds is 5. The van der Waals surface area contributed by atoms with E-state index in [4.69, 9.17) is 11.6 Å². The molecule has 0 atom stereocenters. The first-order valence-electron chi connectivity index (χ1n) is 10.3. The van der Waals surface area contributed by atoms with Gasteiger partial charge in [0.05, 0.1) is 16.3 Å². The highest BCUT2D eigenvalue weighted by molar-refractivity contribution is 7.89. The summed E-state index contributed by atoms with van der Waals surface area (Å²) in [6.45, 7) is 6.97. The van der Waals surface area contributed by atoms with Crippen LogP contribution in [-0.2, 0) is 15.6 Å². The standard InChI is InChI=1S/C21H27ClN4O3S/c1-21(2,3)26-18(13-17(24-26)14-6-7-14)20(27)23-15-8-9-16(22)19(12-15)30(28,29)25-10-4-5-11-25/h8-9,12-14H,4-7,10-11H2,1-3H3,(H,23,27). The fourth-order valence-corrected chi connectivity index (χ4v) is 5.71. The number of carbonyl (C=O) groups excluding carboxylic acids is 1. The third-order valence-electron chi connectivity index (χ3n) is 5.46. The Morgan fingerprint density at radius 2 is 1.83 bits per heavy atom. The molecule has 0 unspecified atom stereocenters. The highest BCUT2D eigenvalue weighted by Crippen LogP contribution is 2.40. The van der Waals surface area contributed by atoms with E-state index in [0.717, 1.165) is 31.4 Å². The molecule has 30 heavy (non-hydrogen) atoms. The van der Waals surface area contributed by atoms with Gasteiger partial charge in [-0.3, -0.25) is 9.48 Å². The summed E-state index contributed by atoms with van der Waals surface area (Å²) in [5.74, 6) is 0.101. The molecule has 2 heterocycles. The number of nitrogens with zero attached hydrogens (tertiary/aromatic N) is 3. The molecule has 1 aromatic carbocycles. The average Bonchev–Trinajstić information content (AvgIpc) is 3.19. The first-order valence-corrected chi connectivity index (χ1v) is 12.1. The Labute approximate surface area is 182 Å². The van der Waals surface area contributed by atoms with Crippen LogP contribution in [0, 0.1) is 0 Å². The minimum absolute atomic E-state index is 0.0202. The van der Waals surface area contributed by atoms with Gasteiger partial charge < -0.3 is 5.32 Å². The number of halogens is 1. The van der Waals surface area contributed by atoms with Gasteiger partial charge in [0, 0.05) is 24.7 Å². The maximum absolute atomic E-state index is 13.1. The number of nitrogens with one attached hydrogen (secondary N) is 1. The second-order valence-corrected chi connectivity index (χ2v) is 11.3. The quantitative estimate of drug-likeness (QED) is 0.739. The summed E-state index contributed by atoms with van der Waals surface area (Å²) in [5.41, 5.74) is 1.42. The normalized spacial score (nSPS) is 18.0. The summed E-state index contributed by atoms with van der Waals surface area (Å²) in [5, 5.41) is 7.64. The van der Waals surface area contributed by atoms with E-state index in [9.17, 15) is 13.2 Å². The van der Waals surface area contributed by atoms with Crippen LogP contribution in [0.5, 0.6) is 0 Å². The maximum Gasteiger partial charge on any atom is 0.273 e. The molecular formula is C21H27ClN4O3S. The molecular weight excluding hydrogens is 424 g/mol. The van der Waals surface area contributed by atoms with Gasteiger partial charge in [0.25, 0.3) is 5.91 Å². The average molecular weight is 451 g/mol. The zero-order chi connectivity index (χ0) is 21.7. The monoisotopic (exact) mass is 450 g/mol. The number of aromatic nitrogens is 2. The molecule has 0 bridgehead atoms. The fraction of sp³-hybridized carbons (Fsp3) is 0.524. The predicted octanol–water partition coefficient (Wildman–Crippen LogP) is 4.21. The molecule has 0 radical (unpaired) electrons. The van der Waals surface area contributed by atoms with E-state index in [2.05, 4.69) is 10.4 Å². The fourth-order valence-electron chi connectivity index (χ4n) is 3.69. The number of hydrogen-bond acceptors (Lipinski definition) is 4. The van der Waals surface area contributed by atoms with E-state index >= 15 is 0 Å². The van der Waals surface area contributed by atoms with Gasteiger partial charge in [0.15, 0.2) is 0 Å². The number of amides is 1. The third-order valence-corrected chi connectivity index (χ3v) is 7.84. The molecule has 1 saturated carbocycles. The SMILES string of the molecule is CC(C)(C)n1nc(C2CC2)cc1C(=O)Nc1ccc(Cl)c(S(=O)(=O)N2CCCC2)c1. The zero-order valence-electron chi connectivity index (χ0n) is 17.5. The zero-order valence-corrected chi connectivity index (χ0v) is 19.1. The minimum atomic E-state index is -3.69. The molecule has 2 fully saturated rings. The van der Waals surface area contributed by atoms with Crippen molar-refractivity contribution >= 4 is 33.2 Å². The molecule has 0 spiro atoms. The van der Waals surface area contributed by atoms with Gasteiger partial charge in [0.1, 0.15) is 10.6 Å².